The first-order valence-corrected chi connectivity index (χ1v) is 5.97. The number of amides is 1. The first kappa shape index (κ1) is 14.0. The molecule has 0 aliphatic rings. The van der Waals surface area contributed by atoms with Gasteiger partial charge < -0.3 is 9.88 Å². The number of hydrogen-bond donors (Lipinski definition) is 1. The van der Waals surface area contributed by atoms with Crippen molar-refractivity contribution in [3.8, 4) is 0 Å². The molecule has 0 radical (unpaired) electrons. The summed E-state index contributed by atoms with van der Waals surface area (Å²) in [6, 6.07) is 3.01. The maximum Gasteiger partial charge on any atom is 0.330 e. The molecule has 2 heterocycles. The van der Waals surface area contributed by atoms with Crippen LogP contribution in [0.2, 0.25) is 5.02 Å². The van der Waals surface area contributed by atoms with Crippen molar-refractivity contribution in [1.29, 1.82) is 0 Å². The summed E-state index contributed by atoms with van der Waals surface area (Å²) in [5.41, 5.74) is -1.34. The topological polar surface area (TPSA) is 86.0 Å². The third-order valence-electron chi connectivity index (χ3n) is 2.65. The molecule has 2 rings (SSSR count). The fourth-order valence-electron chi connectivity index (χ4n) is 1.62. The van der Waals surface area contributed by atoms with Crippen LogP contribution in [0.3, 0.4) is 0 Å². The standard InChI is InChI=1S/C12H11ClN4O3/c1-16-6-8(11(19)17(2)12(16)20)10(18)15-9-5-7(13)3-4-14-9/h3-6H,1-2H3,(H,14,15,18). The van der Waals surface area contributed by atoms with Gasteiger partial charge in [-0.15, -0.1) is 0 Å². The maximum atomic E-state index is 12.0. The van der Waals surface area contributed by atoms with Crippen molar-refractivity contribution in [2.24, 2.45) is 14.1 Å². The number of pyridine rings is 1. The molecule has 0 aliphatic heterocycles. The summed E-state index contributed by atoms with van der Waals surface area (Å²) in [4.78, 5) is 39.4. The third kappa shape index (κ3) is 2.62. The normalized spacial score (nSPS) is 10.3. The number of aryl methyl sites for hydroxylation is 1. The molecule has 0 fully saturated rings. The fourth-order valence-corrected chi connectivity index (χ4v) is 1.78. The van der Waals surface area contributed by atoms with Gasteiger partial charge in [0.25, 0.3) is 11.5 Å². The van der Waals surface area contributed by atoms with Crippen LogP contribution in [0.1, 0.15) is 10.4 Å². The van der Waals surface area contributed by atoms with Gasteiger partial charge in [0, 0.05) is 31.5 Å². The summed E-state index contributed by atoms with van der Waals surface area (Å²) in [6.07, 6.45) is 2.61. The quantitative estimate of drug-likeness (QED) is 0.868. The van der Waals surface area contributed by atoms with Crippen LogP contribution in [0.4, 0.5) is 5.82 Å². The van der Waals surface area contributed by atoms with Crippen LogP contribution >= 0.6 is 11.6 Å². The van der Waals surface area contributed by atoms with E-state index in [1.807, 2.05) is 0 Å². The second-order valence-electron chi connectivity index (χ2n) is 4.11. The Labute approximate surface area is 118 Å². The molecule has 104 valence electrons. The van der Waals surface area contributed by atoms with Gasteiger partial charge in [-0.3, -0.25) is 14.2 Å². The minimum Gasteiger partial charge on any atom is -0.306 e. The molecule has 0 atom stereocenters. The molecule has 2 aromatic rings. The molecular weight excluding hydrogens is 284 g/mol. The van der Waals surface area contributed by atoms with Gasteiger partial charge in [0.1, 0.15) is 11.4 Å². The number of rotatable bonds is 2. The van der Waals surface area contributed by atoms with Gasteiger partial charge in [-0.05, 0) is 12.1 Å². The highest BCUT2D eigenvalue weighted by atomic mass is 35.5. The fraction of sp³-hybridized carbons (Fsp3) is 0.167. The molecule has 8 heteroatoms. The lowest BCUT2D eigenvalue weighted by Crippen LogP contribution is -2.40. The maximum absolute atomic E-state index is 12.0. The number of nitrogens with zero attached hydrogens (tertiary/aromatic N) is 3. The Kier molecular flexibility index (Phi) is 3.71. The smallest absolute Gasteiger partial charge is 0.306 e. The molecule has 7 nitrogen and oxygen atoms in total. The average molecular weight is 295 g/mol. The van der Waals surface area contributed by atoms with Crippen LogP contribution < -0.4 is 16.6 Å². The number of halogens is 1. The lowest BCUT2D eigenvalue weighted by molar-refractivity contribution is 0.102. The minimum atomic E-state index is -0.673. The average Bonchev–Trinajstić information content (AvgIpc) is 2.40. The van der Waals surface area contributed by atoms with Crippen molar-refractivity contribution in [3.05, 3.63) is 56.0 Å². The van der Waals surface area contributed by atoms with Crippen LogP contribution in [-0.4, -0.2) is 20.0 Å². The molecular formula is C12H11ClN4O3. The van der Waals surface area contributed by atoms with Crippen LogP contribution in [0.15, 0.2) is 34.1 Å². The van der Waals surface area contributed by atoms with E-state index < -0.39 is 17.2 Å². The molecule has 0 aromatic carbocycles. The summed E-state index contributed by atoms with van der Waals surface area (Å²) in [6.45, 7) is 0. The Morgan fingerprint density at radius 2 is 2.05 bits per heavy atom. The van der Waals surface area contributed by atoms with E-state index in [-0.39, 0.29) is 11.4 Å². The van der Waals surface area contributed by atoms with E-state index in [9.17, 15) is 14.4 Å². The number of aromatic nitrogens is 3. The van der Waals surface area contributed by atoms with Gasteiger partial charge in [0.2, 0.25) is 0 Å². The van der Waals surface area contributed by atoms with Crippen molar-refractivity contribution in [3.63, 3.8) is 0 Å². The van der Waals surface area contributed by atoms with E-state index in [2.05, 4.69) is 10.3 Å². The van der Waals surface area contributed by atoms with E-state index in [4.69, 9.17) is 11.6 Å². The minimum absolute atomic E-state index is 0.156. The lowest BCUT2D eigenvalue weighted by atomic mass is 10.3. The molecule has 0 saturated heterocycles. The molecule has 1 N–H and O–H groups in total. The zero-order valence-corrected chi connectivity index (χ0v) is 11.5. The summed E-state index contributed by atoms with van der Waals surface area (Å²) < 4.78 is 2.02. The predicted molar refractivity (Wildman–Crippen MR) is 74.1 cm³/mol. The van der Waals surface area contributed by atoms with Gasteiger partial charge >= 0.3 is 5.69 Å². The van der Waals surface area contributed by atoms with Gasteiger partial charge in [-0.1, -0.05) is 11.6 Å². The van der Waals surface area contributed by atoms with Crippen LogP contribution in [0.25, 0.3) is 0 Å². The van der Waals surface area contributed by atoms with Crippen molar-refractivity contribution < 1.29 is 4.79 Å². The molecule has 0 bridgehead atoms. The Bertz CT molecular complexity index is 794. The van der Waals surface area contributed by atoms with Gasteiger partial charge in [-0.2, -0.15) is 0 Å². The highest BCUT2D eigenvalue weighted by Gasteiger charge is 2.15. The van der Waals surface area contributed by atoms with E-state index in [1.54, 1.807) is 6.07 Å². The van der Waals surface area contributed by atoms with Crippen molar-refractivity contribution in [2.75, 3.05) is 5.32 Å². The van der Waals surface area contributed by atoms with Gasteiger partial charge in [0.15, 0.2) is 0 Å². The largest absolute Gasteiger partial charge is 0.330 e. The van der Waals surface area contributed by atoms with E-state index in [0.717, 1.165) is 9.13 Å². The summed E-state index contributed by atoms with van der Waals surface area (Å²) >= 11 is 5.77. The molecule has 2 aromatic heterocycles. The van der Waals surface area contributed by atoms with Crippen molar-refractivity contribution in [2.45, 2.75) is 0 Å². The second-order valence-corrected chi connectivity index (χ2v) is 4.55. The van der Waals surface area contributed by atoms with Crippen molar-refractivity contribution in [1.82, 2.24) is 14.1 Å². The molecule has 20 heavy (non-hydrogen) atoms. The zero-order chi connectivity index (χ0) is 14.9. The molecule has 1 amide bonds. The van der Waals surface area contributed by atoms with Crippen LogP contribution in [0, 0.1) is 0 Å². The Hall–Kier alpha value is -2.41. The number of carbonyl (C=O) groups is 1. The van der Waals surface area contributed by atoms with E-state index >= 15 is 0 Å². The number of carbonyl (C=O) groups excluding carboxylic acids is 1. The SMILES string of the molecule is Cn1cc(C(=O)Nc2cc(Cl)ccn2)c(=O)n(C)c1=O. The van der Waals surface area contributed by atoms with E-state index in [1.165, 1.54) is 32.6 Å². The Morgan fingerprint density at radius 1 is 1.35 bits per heavy atom. The van der Waals surface area contributed by atoms with Crippen LogP contribution in [-0.2, 0) is 14.1 Å². The molecule has 0 saturated carbocycles. The Morgan fingerprint density at radius 3 is 2.70 bits per heavy atom. The van der Waals surface area contributed by atoms with Gasteiger partial charge in [0.05, 0.1) is 0 Å². The first-order chi connectivity index (χ1) is 9.40. The van der Waals surface area contributed by atoms with E-state index in [0.29, 0.717) is 5.02 Å². The number of nitrogens with one attached hydrogen (secondary N) is 1. The van der Waals surface area contributed by atoms with Crippen LogP contribution in [0.5, 0.6) is 0 Å². The van der Waals surface area contributed by atoms with Gasteiger partial charge in [-0.25, -0.2) is 9.78 Å². The van der Waals surface area contributed by atoms with Crippen molar-refractivity contribution >= 4 is 23.3 Å². The monoisotopic (exact) mass is 294 g/mol. The number of anilines is 1. The molecule has 0 aliphatic carbocycles. The summed E-state index contributed by atoms with van der Waals surface area (Å²) in [5, 5.41) is 2.86. The predicted octanol–water partition coefficient (Wildman–Crippen LogP) is 0.385. The summed E-state index contributed by atoms with van der Waals surface area (Å²) in [7, 11) is 2.76. The second kappa shape index (κ2) is 5.30. The highest BCUT2D eigenvalue weighted by molar-refractivity contribution is 6.30. The summed E-state index contributed by atoms with van der Waals surface area (Å²) in [5.74, 6) is -0.436. The third-order valence-corrected chi connectivity index (χ3v) is 2.89. The molecule has 0 spiro atoms. The highest BCUT2D eigenvalue weighted by Crippen LogP contribution is 2.12. The zero-order valence-electron chi connectivity index (χ0n) is 10.8. The number of hydrogen-bond acceptors (Lipinski definition) is 4. The lowest BCUT2D eigenvalue weighted by Gasteiger charge is -2.07. The Balaban J connectivity index is 2.40. The molecule has 0 unspecified atom stereocenters. The first-order valence-electron chi connectivity index (χ1n) is 5.59.